The zero-order valence-corrected chi connectivity index (χ0v) is 65.8. The largest absolute Gasteiger partial charge is 0.334 e. The maximum absolute atomic E-state index is 2.98. The quantitative estimate of drug-likeness (QED) is 0.0597. The fraction of sp³-hybridized carbons (Fsp3) is 1.00. The highest BCUT2D eigenvalue weighted by Gasteiger charge is 2.13. The Kier molecular flexibility index (Phi) is 86.9. The van der Waals surface area contributed by atoms with E-state index in [2.05, 4.69) is 32.6 Å². The Balaban J connectivity index is 4.88. The maximum atomic E-state index is 2.98. The molecule has 92 heavy (non-hydrogen) atoms. The lowest BCUT2D eigenvalue weighted by Gasteiger charge is -2.26. The number of nitrogens with zero attached hydrogens (tertiary/aromatic N) is 1. The molecule has 0 radical (unpaired) electrons. The summed E-state index contributed by atoms with van der Waals surface area (Å²) >= 11 is 0. The van der Waals surface area contributed by atoms with E-state index < -0.39 is 0 Å². The van der Waals surface area contributed by atoms with Crippen LogP contribution in [-0.2, 0) is 0 Å². The number of quaternary nitrogens is 1. The first kappa shape index (κ1) is 91.9. The molecule has 0 heterocycles. The van der Waals surface area contributed by atoms with Crippen molar-refractivity contribution in [3.05, 3.63) is 0 Å². The lowest BCUT2D eigenvalue weighted by atomic mass is 10.0. The standard InChI is InChI=1S/C90H184N2/c1-5-9-13-17-21-25-29-33-37-41-45-49-53-57-61-65-69-73-77-81-85-91(86-82-78-74-70-66-62-58-54-50-46-42-38-34-30-26-22-18-14-10-6-2)89-90-92(87-83-79-75-71-67-63-59-55-51-47-43-39-35-31-27-23-19-15-11-7-3)88-84-80-76-72-68-64-60-56-52-48-44-40-36-32-28-24-20-16-12-8-4/h5-90H2,1-4H3/p+1. The van der Waals surface area contributed by atoms with Crippen molar-refractivity contribution in [2.24, 2.45) is 0 Å². The summed E-state index contributed by atoms with van der Waals surface area (Å²) in [6, 6.07) is 0. The highest BCUT2D eigenvalue weighted by atomic mass is 15.2. The van der Waals surface area contributed by atoms with Crippen molar-refractivity contribution in [1.82, 2.24) is 4.90 Å². The Bertz CT molecular complexity index is 1030. The summed E-state index contributed by atoms with van der Waals surface area (Å²) < 4.78 is 0. The van der Waals surface area contributed by atoms with E-state index in [1.807, 2.05) is 4.90 Å². The minimum atomic E-state index is 1.35. The smallest absolute Gasteiger partial charge is 0.0900 e. The average molecular weight is 1300 g/mol. The molecular formula is C90H185N2+. The second-order valence-corrected chi connectivity index (χ2v) is 31.7. The van der Waals surface area contributed by atoms with Crippen LogP contribution in [0.5, 0.6) is 0 Å². The summed E-state index contributed by atoms with van der Waals surface area (Å²) in [5.74, 6) is 0. The van der Waals surface area contributed by atoms with Gasteiger partial charge in [0.05, 0.1) is 19.6 Å². The molecule has 0 aliphatic heterocycles. The van der Waals surface area contributed by atoms with E-state index in [9.17, 15) is 0 Å². The highest BCUT2D eigenvalue weighted by molar-refractivity contribution is 4.62. The third kappa shape index (κ3) is 82.3. The van der Waals surface area contributed by atoms with Crippen molar-refractivity contribution in [3.8, 4) is 0 Å². The Morgan fingerprint density at radius 2 is 0.239 bits per heavy atom. The van der Waals surface area contributed by atoms with Crippen molar-refractivity contribution in [3.63, 3.8) is 0 Å². The van der Waals surface area contributed by atoms with E-state index in [4.69, 9.17) is 0 Å². The van der Waals surface area contributed by atoms with Gasteiger partial charge in [-0.05, 0) is 51.6 Å². The second kappa shape index (κ2) is 87.0. The molecule has 0 aliphatic rings. The molecule has 0 aromatic rings. The highest BCUT2D eigenvalue weighted by Crippen LogP contribution is 2.21. The van der Waals surface area contributed by atoms with Crippen LogP contribution in [0.2, 0.25) is 0 Å². The fourth-order valence-corrected chi connectivity index (χ4v) is 15.5. The average Bonchev–Trinajstić information content (AvgIpc) is 3.77. The summed E-state index contributed by atoms with van der Waals surface area (Å²) in [6.07, 6.45) is 118. The molecular weight excluding hydrogens is 1110 g/mol. The minimum Gasteiger partial charge on any atom is -0.334 e. The van der Waals surface area contributed by atoms with Gasteiger partial charge in [0.15, 0.2) is 0 Å². The summed E-state index contributed by atoms with van der Waals surface area (Å²) in [4.78, 5) is 4.95. The van der Waals surface area contributed by atoms with Gasteiger partial charge in [0, 0.05) is 6.54 Å². The molecule has 554 valence electrons. The lowest BCUT2D eigenvalue weighted by Crippen LogP contribution is -3.12. The topological polar surface area (TPSA) is 7.68 Å². The number of hydrogen-bond acceptors (Lipinski definition) is 1. The summed E-state index contributed by atoms with van der Waals surface area (Å²) in [5.41, 5.74) is 0. The molecule has 0 aromatic heterocycles. The van der Waals surface area contributed by atoms with Crippen LogP contribution < -0.4 is 4.90 Å². The number of hydrogen-bond donors (Lipinski definition) is 1. The SMILES string of the molecule is CCCCCCCCCCCCCCCCCCCCCCN(CCCCCCCCCCCCCCCCCCCCCC)CC[NH+](CCCCCCCCCCCCCCCCCCCCCC)CCCCCCCCCCCCCCCCCCCCCC. The van der Waals surface area contributed by atoms with Gasteiger partial charge >= 0.3 is 0 Å². The molecule has 0 atom stereocenters. The van der Waals surface area contributed by atoms with Crippen LogP contribution in [0.15, 0.2) is 0 Å². The normalized spacial score (nSPS) is 11.9. The van der Waals surface area contributed by atoms with Crippen molar-refractivity contribution in [1.29, 1.82) is 0 Å². The number of nitrogens with one attached hydrogen (secondary N) is 1. The van der Waals surface area contributed by atoms with Crippen molar-refractivity contribution in [2.75, 3.05) is 39.3 Å². The Hall–Kier alpha value is -0.0800. The first-order chi connectivity index (χ1) is 45.8. The lowest BCUT2D eigenvalue weighted by molar-refractivity contribution is -0.900. The van der Waals surface area contributed by atoms with Crippen molar-refractivity contribution < 1.29 is 4.90 Å². The first-order valence-electron chi connectivity index (χ1n) is 45.3. The molecule has 0 spiro atoms. The molecule has 0 unspecified atom stereocenters. The van der Waals surface area contributed by atoms with E-state index in [-0.39, 0.29) is 0 Å². The van der Waals surface area contributed by atoms with Gasteiger partial charge in [-0.1, -0.05) is 503 Å². The zero-order valence-electron chi connectivity index (χ0n) is 65.8. The Morgan fingerprint density at radius 3 is 0.380 bits per heavy atom. The third-order valence-corrected chi connectivity index (χ3v) is 22.2. The van der Waals surface area contributed by atoms with Crippen LogP contribution in [-0.4, -0.2) is 44.2 Å². The summed E-state index contributed by atoms with van der Waals surface area (Å²) in [6.45, 7) is 17.7. The van der Waals surface area contributed by atoms with E-state index in [1.165, 1.54) is 553 Å². The molecule has 2 nitrogen and oxygen atoms in total. The molecule has 0 aliphatic carbocycles. The summed E-state index contributed by atoms with van der Waals surface area (Å²) in [7, 11) is 0. The molecule has 0 saturated carbocycles. The first-order valence-corrected chi connectivity index (χ1v) is 45.3. The van der Waals surface area contributed by atoms with Gasteiger partial charge in [-0.25, -0.2) is 0 Å². The van der Waals surface area contributed by atoms with Crippen LogP contribution in [0.25, 0.3) is 0 Å². The molecule has 0 amide bonds. The second-order valence-electron chi connectivity index (χ2n) is 31.7. The van der Waals surface area contributed by atoms with Gasteiger partial charge in [0.25, 0.3) is 0 Å². The van der Waals surface area contributed by atoms with Crippen LogP contribution in [0, 0.1) is 0 Å². The summed E-state index contributed by atoms with van der Waals surface area (Å²) in [5, 5.41) is 0. The Labute approximate surface area is 587 Å². The molecule has 0 rings (SSSR count). The monoisotopic (exact) mass is 1290 g/mol. The van der Waals surface area contributed by atoms with Crippen LogP contribution >= 0.6 is 0 Å². The van der Waals surface area contributed by atoms with Crippen LogP contribution in [0.4, 0.5) is 0 Å². The van der Waals surface area contributed by atoms with E-state index in [0.29, 0.717) is 0 Å². The minimum absolute atomic E-state index is 1.35. The van der Waals surface area contributed by atoms with E-state index in [0.717, 1.165) is 0 Å². The van der Waals surface area contributed by atoms with Gasteiger partial charge in [0.2, 0.25) is 0 Å². The van der Waals surface area contributed by atoms with Crippen LogP contribution in [0.1, 0.15) is 541 Å². The fourth-order valence-electron chi connectivity index (χ4n) is 15.5. The number of rotatable bonds is 87. The molecule has 0 bridgehead atoms. The Morgan fingerprint density at radius 1 is 0.120 bits per heavy atom. The third-order valence-electron chi connectivity index (χ3n) is 22.2. The van der Waals surface area contributed by atoms with E-state index >= 15 is 0 Å². The molecule has 2 heteroatoms. The molecule has 0 aromatic carbocycles. The predicted octanol–water partition coefficient (Wildman–Crippen LogP) is 31.5. The van der Waals surface area contributed by atoms with Crippen molar-refractivity contribution >= 4 is 0 Å². The number of unbranched alkanes of at least 4 members (excludes halogenated alkanes) is 76. The van der Waals surface area contributed by atoms with Gasteiger partial charge in [0.1, 0.15) is 0 Å². The van der Waals surface area contributed by atoms with Gasteiger partial charge in [-0.3, -0.25) is 4.90 Å². The van der Waals surface area contributed by atoms with Crippen molar-refractivity contribution in [2.45, 2.75) is 541 Å². The molecule has 0 fully saturated rings. The van der Waals surface area contributed by atoms with E-state index in [1.54, 1.807) is 0 Å². The van der Waals surface area contributed by atoms with Crippen LogP contribution in [0.3, 0.4) is 0 Å². The maximum Gasteiger partial charge on any atom is 0.0900 e. The molecule has 0 saturated heterocycles. The zero-order chi connectivity index (χ0) is 66.0. The van der Waals surface area contributed by atoms with Gasteiger partial charge in [-0.15, -0.1) is 0 Å². The van der Waals surface area contributed by atoms with Gasteiger partial charge in [-0.2, -0.15) is 0 Å². The predicted molar refractivity (Wildman–Crippen MR) is 424 cm³/mol. The molecule has 1 N–H and O–H groups in total. The van der Waals surface area contributed by atoms with Gasteiger partial charge < -0.3 is 4.90 Å².